The van der Waals surface area contributed by atoms with Crippen molar-refractivity contribution >= 4 is 12.4 Å². The van der Waals surface area contributed by atoms with Crippen LogP contribution in [-0.4, -0.2) is 48.2 Å². The quantitative estimate of drug-likeness (QED) is 0.634. The summed E-state index contributed by atoms with van der Waals surface area (Å²) in [6, 6.07) is -0.0638. The van der Waals surface area contributed by atoms with Gasteiger partial charge < -0.3 is 19.2 Å². The van der Waals surface area contributed by atoms with Crippen molar-refractivity contribution in [3.63, 3.8) is 0 Å². The molecule has 92 valence electrons. The highest BCUT2D eigenvalue weighted by molar-refractivity contribution is 5.70. The smallest absolute Gasteiger partial charge is 0.410 e. The van der Waals surface area contributed by atoms with Gasteiger partial charge in [0, 0.05) is 0 Å². The Kier molecular flexibility index (Phi) is 3.91. The molecule has 0 saturated carbocycles. The largest absolute Gasteiger partial charge is 0.444 e. The van der Waals surface area contributed by atoms with Crippen LogP contribution in [0.5, 0.6) is 0 Å². The summed E-state index contributed by atoms with van der Waals surface area (Å²) >= 11 is 0. The van der Waals surface area contributed by atoms with Crippen LogP contribution in [0.15, 0.2) is 0 Å². The number of aldehydes is 1. The third-order valence-corrected chi connectivity index (χ3v) is 2.24. The van der Waals surface area contributed by atoms with Crippen LogP contribution in [0.1, 0.15) is 27.7 Å². The Morgan fingerprint density at radius 3 is 2.62 bits per heavy atom. The maximum absolute atomic E-state index is 11.8. The molecule has 0 aromatic carbocycles. The summed E-state index contributed by atoms with van der Waals surface area (Å²) in [4.78, 5) is 24.0. The molecule has 5 nitrogen and oxygen atoms in total. The zero-order valence-corrected chi connectivity index (χ0v) is 10.2. The van der Waals surface area contributed by atoms with E-state index in [0.717, 1.165) is 0 Å². The zero-order chi connectivity index (χ0) is 12.3. The molecule has 1 aliphatic rings. The predicted octanol–water partition coefficient (Wildman–Crippen LogP) is 1.21. The first-order chi connectivity index (χ1) is 7.33. The number of morpholine rings is 1. The number of hydrogen-bond acceptors (Lipinski definition) is 4. The van der Waals surface area contributed by atoms with Gasteiger partial charge >= 0.3 is 6.09 Å². The third kappa shape index (κ3) is 3.48. The standard InChI is InChI=1S/C11H19NO4/c1-8-7-15-9(6-13)5-12(8)10(14)16-11(2,3)4/h6,8-9H,5,7H2,1-4H3/t8-,9+/m0/s1. The Hall–Kier alpha value is -1.10. The normalized spacial score (nSPS) is 26.4. The molecule has 1 rings (SSSR count). The molecular weight excluding hydrogens is 210 g/mol. The fraction of sp³-hybridized carbons (Fsp3) is 0.818. The average Bonchev–Trinajstić information content (AvgIpc) is 2.15. The van der Waals surface area contributed by atoms with Crippen molar-refractivity contribution in [1.29, 1.82) is 0 Å². The molecule has 1 heterocycles. The van der Waals surface area contributed by atoms with Gasteiger partial charge in [-0.25, -0.2) is 4.79 Å². The summed E-state index contributed by atoms with van der Waals surface area (Å²) in [7, 11) is 0. The summed E-state index contributed by atoms with van der Waals surface area (Å²) in [5.74, 6) is 0. The van der Waals surface area contributed by atoms with E-state index in [9.17, 15) is 9.59 Å². The van der Waals surface area contributed by atoms with E-state index in [-0.39, 0.29) is 12.6 Å². The molecule has 16 heavy (non-hydrogen) atoms. The molecule has 5 heteroatoms. The molecule has 1 aliphatic heterocycles. The van der Waals surface area contributed by atoms with E-state index in [1.54, 1.807) is 0 Å². The summed E-state index contributed by atoms with van der Waals surface area (Å²) in [5, 5.41) is 0. The van der Waals surface area contributed by atoms with E-state index in [1.165, 1.54) is 4.90 Å². The Morgan fingerprint density at radius 1 is 1.50 bits per heavy atom. The van der Waals surface area contributed by atoms with Crippen molar-refractivity contribution < 1.29 is 19.1 Å². The number of ether oxygens (including phenoxy) is 2. The lowest BCUT2D eigenvalue weighted by molar-refractivity contribution is -0.126. The molecule has 1 fully saturated rings. The SMILES string of the molecule is C[C@H]1CO[C@@H](C=O)CN1C(=O)OC(C)(C)C. The van der Waals surface area contributed by atoms with Crippen LogP contribution >= 0.6 is 0 Å². The van der Waals surface area contributed by atoms with Gasteiger partial charge in [0.15, 0.2) is 6.29 Å². The van der Waals surface area contributed by atoms with Crippen LogP contribution in [0.2, 0.25) is 0 Å². The Balaban J connectivity index is 2.62. The minimum absolute atomic E-state index is 0.0638. The molecule has 1 amide bonds. The molecule has 2 atom stereocenters. The van der Waals surface area contributed by atoms with Crippen molar-refractivity contribution in [2.45, 2.75) is 45.4 Å². The van der Waals surface area contributed by atoms with E-state index in [4.69, 9.17) is 9.47 Å². The minimum atomic E-state index is -0.538. The lowest BCUT2D eigenvalue weighted by atomic mass is 10.2. The van der Waals surface area contributed by atoms with Crippen molar-refractivity contribution in [2.24, 2.45) is 0 Å². The highest BCUT2D eigenvalue weighted by Gasteiger charge is 2.32. The number of rotatable bonds is 1. The molecular formula is C11H19NO4. The summed E-state index contributed by atoms with van der Waals surface area (Å²) in [6.07, 6.45) is -0.220. The lowest BCUT2D eigenvalue weighted by Gasteiger charge is -2.36. The second-order valence-corrected chi connectivity index (χ2v) is 4.99. The van der Waals surface area contributed by atoms with Crippen LogP contribution in [-0.2, 0) is 14.3 Å². The number of carbonyl (C=O) groups is 2. The van der Waals surface area contributed by atoms with Crippen molar-refractivity contribution in [3.05, 3.63) is 0 Å². The van der Waals surface area contributed by atoms with Crippen LogP contribution in [0.4, 0.5) is 4.79 Å². The van der Waals surface area contributed by atoms with E-state index in [1.807, 2.05) is 27.7 Å². The van der Waals surface area contributed by atoms with Gasteiger partial charge in [-0.3, -0.25) is 0 Å². The molecule has 0 spiro atoms. The molecule has 0 aromatic rings. The molecule has 0 unspecified atom stereocenters. The second kappa shape index (κ2) is 4.82. The Labute approximate surface area is 95.7 Å². The van der Waals surface area contributed by atoms with Crippen LogP contribution in [0, 0.1) is 0 Å². The van der Waals surface area contributed by atoms with E-state index >= 15 is 0 Å². The molecule has 0 radical (unpaired) electrons. The highest BCUT2D eigenvalue weighted by Crippen LogP contribution is 2.16. The van der Waals surface area contributed by atoms with Gasteiger partial charge in [-0.15, -0.1) is 0 Å². The predicted molar refractivity (Wildman–Crippen MR) is 58.2 cm³/mol. The molecule has 0 aliphatic carbocycles. The first kappa shape index (κ1) is 13.0. The third-order valence-electron chi connectivity index (χ3n) is 2.24. The zero-order valence-electron chi connectivity index (χ0n) is 10.2. The van der Waals surface area contributed by atoms with Crippen molar-refractivity contribution in [3.8, 4) is 0 Å². The number of hydrogen-bond donors (Lipinski definition) is 0. The average molecular weight is 229 g/mol. The van der Waals surface area contributed by atoms with Gasteiger partial charge in [0.25, 0.3) is 0 Å². The van der Waals surface area contributed by atoms with Crippen LogP contribution in [0.3, 0.4) is 0 Å². The maximum Gasteiger partial charge on any atom is 0.410 e. The van der Waals surface area contributed by atoms with Gasteiger partial charge in [-0.2, -0.15) is 0 Å². The van der Waals surface area contributed by atoms with Crippen molar-refractivity contribution in [2.75, 3.05) is 13.2 Å². The fourth-order valence-electron chi connectivity index (χ4n) is 1.44. The van der Waals surface area contributed by atoms with Crippen molar-refractivity contribution in [1.82, 2.24) is 4.90 Å². The highest BCUT2D eigenvalue weighted by atomic mass is 16.6. The second-order valence-electron chi connectivity index (χ2n) is 4.99. The molecule has 0 aromatic heterocycles. The number of nitrogens with zero attached hydrogens (tertiary/aromatic N) is 1. The Bertz CT molecular complexity index is 272. The number of amides is 1. The summed E-state index contributed by atoms with van der Waals surface area (Å²) in [6.45, 7) is 7.93. The van der Waals surface area contributed by atoms with Crippen LogP contribution < -0.4 is 0 Å². The molecule has 0 bridgehead atoms. The van der Waals surface area contributed by atoms with Crippen LogP contribution in [0.25, 0.3) is 0 Å². The Morgan fingerprint density at radius 2 is 2.12 bits per heavy atom. The summed E-state index contributed by atoms with van der Waals surface area (Å²) < 4.78 is 10.5. The van der Waals surface area contributed by atoms with Gasteiger partial charge in [0.1, 0.15) is 11.7 Å². The van der Waals surface area contributed by atoms with Gasteiger partial charge in [0.2, 0.25) is 0 Å². The van der Waals surface area contributed by atoms with E-state index in [2.05, 4.69) is 0 Å². The first-order valence-corrected chi connectivity index (χ1v) is 5.40. The van der Waals surface area contributed by atoms with E-state index in [0.29, 0.717) is 12.9 Å². The summed E-state index contributed by atoms with van der Waals surface area (Å²) in [5.41, 5.74) is -0.522. The van der Waals surface area contributed by atoms with Gasteiger partial charge in [-0.05, 0) is 27.7 Å². The van der Waals surface area contributed by atoms with Gasteiger partial charge in [0.05, 0.1) is 19.2 Å². The topological polar surface area (TPSA) is 55.8 Å². The lowest BCUT2D eigenvalue weighted by Crippen LogP contribution is -2.52. The van der Waals surface area contributed by atoms with Gasteiger partial charge in [-0.1, -0.05) is 0 Å². The maximum atomic E-state index is 11.8. The monoisotopic (exact) mass is 229 g/mol. The first-order valence-electron chi connectivity index (χ1n) is 5.40. The number of carbonyl (C=O) groups excluding carboxylic acids is 2. The molecule has 0 N–H and O–H groups in total. The fourth-order valence-corrected chi connectivity index (χ4v) is 1.44. The van der Waals surface area contributed by atoms with E-state index < -0.39 is 17.8 Å². The molecule has 1 saturated heterocycles. The minimum Gasteiger partial charge on any atom is -0.444 e.